The van der Waals surface area contributed by atoms with E-state index in [1.54, 1.807) is 6.20 Å². The lowest BCUT2D eigenvalue weighted by molar-refractivity contribution is 0.0976. The second-order valence-corrected chi connectivity index (χ2v) is 7.00. The Morgan fingerprint density at radius 3 is 2.79 bits per heavy atom. The predicted octanol–water partition coefficient (Wildman–Crippen LogP) is 2.49. The van der Waals surface area contributed by atoms with Crippen LogP contribution in [0.2, 0.25) is 0 Å². The van der Waals surface area contributed by atoms with E-state index in [1.807, 2.05) is 4.57 Å². The minimum absolute atomic E-state index is 0.0303. The summed E-state index contributed by atoms with van der Waals surface area (Å²) < 4.78 is 16.1. The maximum absolute atomic E-state index is 14.2. The van der Waals surface area contributed by atoms with Gasteiger partial charge in [-0.15, -0.1) is 0 Å². The van der Waals surface area contributed by atoms with E-state index < -0.39 is 5.82 Å². The Morgan fingerprint density at radius 2 is 2.04 bits per heavy atom. The fourth-order valence-corrected chi connectivity index (χ4v) is 3.18. The van der Waals surface area contributed by atoms with Crippen molar-refractivity contribution in [1.82, 2.24) is 14.5 Å². The minimum atomic E-state index is -0.467. The van der Waals surface area contributed by atoms with Crippen molar-refractivity contribution in [3.8, 4) is 11.8 Å². The first-order valence-corrected chi connectivity index (χ1v) is 9.21. The van der Waals surface area contributed by atoms with Crippen molar-refractivity contribution in [2.75, 3.05) is 12.3 Å². The second-order valence-electron chi connectivity index (χ2n) is 7.00. The first-order chi connectivity index (χ1) is 13.6. The Hall–Kier alpha value is -3.24. The third-order valence-electron chi connectivity index (χ3n) is 4.84. The highest BCUT2D eigenvalue weighted by atomic mass is 19.1. The van der Waals surface area contributed by atoms with Crippen LogP contribution in [0.4, 0.5) is 10.2 Å². The summed E-state index contributed by atoms with van der Waals surface area (Å²) in [4.78, 5) is 20.6. The van der Waals surface area contributed by atoms with Gasteiger partial charge in [0.1, 0.15) is 23.6 Å². The Bertz CT molecular complexity index is 1120. The number of fused-ring (bicyclic) bond motifs is 1. The summed E-state index contributed by atoms with van der Waals surface area (Å²) in [5.41, 5.74) is 13.6. The molecular formula is C21H20FN5O. The third kappa shape index (κ3) is 3.59. The largest absolute Gasteiger partial charge is 0.383 e. The number of hydrogen-bond acceptors (Lipinski definition) is 5. The normalized spacial score (nSPS) is 13.4. The fraction of sp³-hybridized carbons (Fsp3) is 0.286. The molecule has 7 heteroatoms. The monoisotopic (exact) mass is 377 g/mol. The van der Waals surface area contributed by atoms with E-state index in [9.17, 15) is 9.18 Å². The van der Waals surface area contributed by atoms with Crippen LogP contribution in [0.3, 0.4) is 0 Å². The van der Waals surface area contributed by atoms with Gasteiger partial charge in [0.15, 0.2) is 5.78 Å². The molecule has 4 rings (SSSR count). The zero-order chi connectivity index (χ0) is 19.7. The highest BCUT2D eigenvalue weighted by molar-refractivity contribution is 5.97. The van der Waals surface area contributed by atoms with Crippen molar-refractivity contribution in [2.45, 2.75) is 25.8 Å². The lowest BCUT2D eigenvalue weighted by Gasteiger charge is -2.01. The molecule has 0 atom stereocenters. The minimum Gasteiger partial charge on any atom is -0.383 e. The summed E-state index contributed by atoms with van der Waals surface area (Å²) >= 11 is 0. The molecule has 142 valence electrons. The van der Waals surface area contributed by atoms with Gasteiger partial charge in [-0.25, -0.2) is 14.4 Å². The SMILES string of the molecule is NCCn1cc(C#Cc2cc(C(=O)CC3CC3)ccc2F)c2c(N)ncnc21. The number of aromatic nitrogens is 3. The Morgan fingerprint density at radius 1 is 1.25 bits per heavy atom. The van der Waals surface area contributed by atoms with E-state index in [1.165, 1.54) is 24.5 Å². The van der Waals surface area contributed by atoms with Crippen LogP contribution < -0.4 is 11.5 Å². The Balaban J connectivity index is 1.72. The lowest BCUT2D eigenvalue weighted by Crippen LogP contribution is -2.09. The van der Waals surface area contributed by atoms with Gasteiger partial charge < -0.3 is 16.0 Å². The fourth-order valence-electron chi connectivity index (χ4n) is 3.18. The predicted molar refractivity (Wildman–Crippen MR) is 105 cm³/mol. The molecule has 1 aliphatic carbocycles. The number of benzene rings is 1. The summed E-state index contributed by atoms with van der Waals surface area (Å²) in [6.07, 6.45) is 5.87. The molecule has 0 amide bonds. The van der Waals surface area contributed by atoms with Gasteiger partial charge in [0.2, 0.25) is 0 Å². The molecule has 1 saturated carbocycles. The van der Waals surface area contributed by atoms with Crippen molar-refractivity contribution in [1.29, 1.82) is 0 Å². The van der Waals surface area contributed by atoms with E-state index in [0.717, 1.165) is 12.8 Å². The van der Waals surface area contributed by atoms with E-state index in [2.05, 4.69) is 21.8 Å². The van der Waals surface area contributed by atoms with Crippen LogP contribution in [0.1, 0.15) is 40.7 Å². The van der Waals surface area contributed by atoms with Crippen LogP contribution in [0.5, 0.6) is 0 Å². The Kier molecular flexibility index (Phi) is 4.80. The van der Waals surface area contributed by atoms with Gasteiger partial charge in [-0.1, -0.05) is 11.8 Å². The first kappa shape index (κ1) is 18.1. The molecule has 2 aromatic heterocycles. The van der Waals surface area contributed by atoms with E-state index >= 15 is 0 Å². The van der Waals surface area contributed by atoms with E-state index in [4.69, 9.17) is 11.5 Å². The number of nitrogens with two attached hydrogens (primary N) is 2. The molecular weight excluding hydrogens is 357 g/mol. The number of anilines is 1. The average Bonchev–Trinajstić information content (AvgIpc) is 3.42. The number of ketones is 1. The third-order valence-corrected chi connectivity index (χ3v) is 4.84. The van der Waals surface area contributed by atoms with Gasteiger partial charge in [-0.05, 0) is 37.0 Å². The maximum atomic E-state index is 14.2. The van der Waals surface area contributed by atoms with Crippen molar-refractivity contribution in [3.63, 3.8) is 0 Å². The summed E-state index contributed by atoms with van der Waals surface area (Å²) in [5, 5.41) is 0.616. The molecule has 4 N–H and O–H groups in total. The van der Waals surface area contributed by atoms with E-state index in [-0.39, 0.29) is 11.3 Å². The van der Waals surface area contributed by atoms with Crippen LogP contribution in [0.15, 0.2) is 30.7 Å². The van der Waals surface area contributed by atoms with Crippen LogP contribution in [0, 0.1) is 23.6 Å². The van der Waals surface area contributed by atoms with Gasteiger partial charge in [0.25, 0.3) is 0 Å². The zero-order valence-corrected chi connectivity index (χ0v) is 15.3. The molecule has 0 bridgehead atoms. The van der Waals surface area contributed by atoms with Crippen LogP contribution in [-0.2, 0) is 6.54 Å². The number of halogens is 1. The average molecular weight is 377 g/mol. The maximum Gasteiger partial charge on any atom is 0.163 e. The topological polar surface area (TPSA) is 99.8 Å². The van der Waals surface area contributed by atoms with Crippen molar-refractivity contribution < 1.29 is 9.18 Å². The van der Waals surface area contributed by atoms with Crippen molar-refractivity contribution in [3.05, 3.63) is 53.2 Å². The molecule has 3 aromatic rings. The summed E-state index contributed by atoms with van der Waals surface area (Å²) in [6, 6.07) is 4.33. The van der Waals surface area contributed by atoms with Crippen molar-refractivity contribution >= 4 is 22.6 Å². The molecule has 1 aliphatic rings. The molecule has 0 radical (unpaired) electrons. The van der Waals surface area contributed by atoms with Gasteiger partial charge in [-0.2, -0.15) is 0 Å². The molecule has 28 heavy (non-hydrogen) atoms. The number of carbonyl (C=O) groups excluding carboxylic acids is 1. The zero-order valence-electron chi connectivity index (χ0n) is 15.3. The first-order valence-electron chi connectivity index (χ1n) is 9.21. The quantitative estimate of drug-likeness (QED) is 0.526. The summed E-state index contributed by atoms with van der Waals surface area (Å²) in [7, 11) is 0. The Labute approximate surface area is 161 Å². The second kappa shape index (κ2) is 7.41. The summed E-state index contributed by atoms with van der Waals surface area (Å²) in [5.74, 6) is 6.14. The number of nitrogen functional groups attached to an aromatic ring is 1. The number of hydrogen-bond donors (Lipinski definition) is 2. The molecule has 0 saturated heterocycles. The number of rotatable bonds is 5. The molecule has 0 spiro atoms. The van der Waals surface area contributed by atoms with Crippen LogP contribution in [0.25, 0.3) is 11.0 Å². The number of Topliss-reactive ketones (excluding diaryl/α,β-unsaturated/α-hetero) is 1. The van der Waals surface area contributed by atoms with Gasteiger partial charge in [0.05, 0.1) is 16.5 Å². The summed E-state index contributed by atoms with van der Waals surface area (Å²) in [6.45, 7) is 0.981. The molecule has 2 heterocycles. The van der Waals surface area contributed by atoms with Gasteiger partial charge >= 0.3 is 0 Å². The van der Waals surface area contributed by atoms with E-state index in [0.29, 0.717) is 53.4 Å². The highest BCUT2D eigenvalue weighted by Gasteiger charge is 2.25. The number of carbonyl (C=O) groups is 1. The highest BCUT2D eigenvalue weighted by Crippen LogP contribution is 2.33. The molecule has 0 aliphatic heterocycles. The van der Waals surface area contributed by atoms with Crippen LogP contribution >= 0.6 is 0 Å². The molecule has 6 nitrogen and oxygen atoms in total. The molecule has 1 aromatic carbocycles. The van der Waals surface area contributed by atoms with Gasteiger partial charge in [0, 0.05) is 31.3 Å². The van der Waals surface area contributed by atoms with Crippen molar-refractivity contribution in [2.24, 2.45) is 11.7 Å². The molecule has 1 fully saturated rings. The lowest BCUT2D eigenvalue weighted by atomic mass is 10.0. The van der Waals surface area contributed by atoms with Gasteiger partial charge in [-0.3, -0.25) is 4.79 Å². The standard InChI is InChI=1S/C21H20FN5O/c22-17-6-5-15(18(28)9-13-1-2-13)10-14(17)3-4-16-11-27(8-7-23)21-19(16)20(24)25-12-26-21/h5-6,10-13H,1-2,7-9,23H2,(H2,24,25,26). The number of nitrogens with zero attached hydrogens (tertiary/aromatic N) is 3. The molecule has 0 unspecified atom stereocenters. The van der Waals surface area contributed by atoms with Crippen LogP contribution in [-0.4, -0.2) is 26.9 Å². The smallest absolute Gasteiger partial charge is 0.163 e.